The maximum Gasteiger partial charge on any atom is 0.416 e. The Kier molecular flexibility index (Phi) is 11.3. The van der Waals surface area contributed by atoms with E-state index in [-0.39, 0.29) is 47.9 Å². The first-order valence-corrected chi connectivity index (χ1v) is 15.3. The molecule has 2 atom stereocenters. The van der Waals surface area contributed by atoms with Gasteiger partial charge < -0.3 is 29.7 Å². The van der Waals surface area contributed by atoms with Gasteiger partial charge in [-0.1, -0.05) is 6.92 Å². The molecule has 50 heavy (non-hydrogen) atoms. The highest BCUT2D eigenvalue weighted by Crippen LogP contribution is 2.41. The number of methoxy groups -OCH3 is 1. The molecule has 0 saturated carbocycles. The Morgan fingerprint density at radius 3 is 2.26 bits per heavy atom. The van der Waals surface area contributed by atoms with Crippen molar-refractivity contribution in [2.75, 3.05) is 37.1 Å². The lowest BCUT2D eigenvalue weighted by atomic mass is 9.93. The van der Waals surface area contributed by atoms with Gasteiger partial charge in [-0.2, -0.15) is 26.3 Å². The maximum absolute atomic E-state index is 13.6. The topological polar surface area (TPSA) is 156 Å². The molecule has 0 unspecified atom stereocenters. The molecule has 1 aliphatic heterocycles. The third-order valence-electron chi connectivity index (χ3n) is 7.85. The van der Waals surface area contributed by atoms with Gasteiger partial charge in [-0.25, -0.2) is 19.7 Å². The van der Waals surface area contributed by atoms with Gasteiger partial charge in [-0.05, 0) is 56.5 Å². The third kappa shape index (κ3) is 8.83. The van der Waals surface area contributed by atoms with Crippen LogP contribution < -0.4 is 19.7 Å². The summed E-state index contributed by atoms with van der Waals surface area (Å²) in [5, 5.41) is 21.8. The number of aliphatic hydroxyl groups excluding tert-OH is 1. The molecule has 1 aromatic carbocycles. The number of benzene rings is 1. The molecule has 0 saturated heterocycles. The fourth-order valence-corrected chi connectivity index (χ4v) is 5.15. The third-order valence-corrected chi connectivity index (χ3v) is 7.85. The number of aromatic nitrogens is 3. The molecule has 18 heteroatoms. The molecule has 1 aliphatic rings. The number of nitrogens with zero attached hydrogens (tertiary/aromatic N) is 4. The number of hydrogen-bond acceptors (Lipinski definition) is 10. The van der Waals surface area contributed by atoms with E-state index in [1.54, 1.807) is 6.07 Å². The minimum atomic E-state index is -5.06. The summed E-state index contributed by atoms with van der Waals surface area (Å²) in [6, 6.07) is 3.08. The maximum atomic E-state index is 13.6. The summed E-state index contributed by atoms with van der Waals surface area (Å²) in [6.07, 6.45) is -9.66. The number of anilines is 2. The molecule has 1 amide bonds. The molecule has 3 heterocycles. The van der Waals surface area contributed by atoms with Crippen LogP contribution in [0.3, 0.4) is 0 Å². The largest absolute Gasteiger partial charge is 0.488 e. The second-order valence-corrected chi connectivity index (χ2v) is 12.0. The van der Waals surface area contributed by atoms with Crippen molar-refractivity contribution >= 4 is 23.7 Å². The number of aliphatic hydroxyl groups is 1. The van der Waals surface area contributed by atoms with Crippen molar-refractivity contribution in [2.24, 2.45) is 5.41 Å². The zero-order chi connectivity index (χ0) is 37.0. The number of carbonyl (C=O) groups is 2. The molecule has 0 bridgehead atoms. The van der Waals surface area contributed by atoms with Crippen molar-refractivity contribution in [3.8, 4) is 11.6 Å². The van der Waals surface area contributed by atoms with Gasteiger partial charge in [0, 0.05) is 18.5 Å². The first-order valence-electron chi connectivity index (χ1n) is 15.3. The van der Waals surface area contributed by atoms with Gasteiger partial charge in [0.1, 0.15) is 13.2 Å². The quantitative estimate of drug-likeness (QED) is 0.182. The molecule has 4 rings (SSSR count). The first kappa shape index (κ1) is 37.9. The van der Waals surface area contributed by atoms with Crippen LogP contribution in [0, 0.1) is 5.41 Å². The minimum absolute atomic E-state index is 0.0255. The molecule has 0 aliphatic carbocycles. The van der Waals surface area contributed by atoms with Crippen LogP contribution in [0.4, 0.5) is 42.8 Å². The Morgan fingerprint density at radius 2 is 1.70 bits per heavy atom. The number of carboxylic acids is 1. The van der Waals surface area contributed by atoms with Gasteiger partial charge in [0.05, 0.1) is 59.6 Å². The second kappa shape index (κ2) is 14.9. The van der Waals surface area contributed by atoms with Crippen molar-refractivity contribution < 1.29 is 60.4 Å². The monoisotopic (exact) mass is 715 g/mol. The van der Waals surface area contributed by atoms with E-state index < -0.39 is 72.7 Å². The van der Waals surface area contributed by atoms with Crippen LogP contribution in [-0.4, -0.2) is 70.2 Å². The van der Waals surface area contributed by atoms with Crippen LogP contribution in [0.15, 0.2) is 36.5 Å². The van der Waals surface area contributed by atoms with Gasteiger partial charge >= 0.3 is 24.4 Å². The molecule has 0 fully saturated rings. The van der Waals surface area contributed by atoms with Crippen molar-refractivity contribution in [1.29, 1.82) is 0 Å². The number of nitrogens with one attached hydrogen (secondary N) is 1. The number of ether oxygens (including phenoxy) is 3. The van der Waals surface area contributed by atoms with Gasteiger partial charge in [0.2, 0.25) is 11.8 Å². The fraction of sp³-hybridized carbons (Fsp3) is 0.469. The Hall–Kier alpha value is -4.87. The summed E-state index contributed by atoms with van der Waals surface area (Å²) in [5.74, 6) is -1.14. The Bertz CT molecular complexity index is 1670. The summed E-state index contributed by atoms with van der Waals surface area (Å²) >= 11 is 0. The van der Waals surface area contributed by atoms with Crippen molar-refractivity contribution in [3.63, 3.8) is 0 Å². The lowest BCUT2D eigenvalue weighted by molar-refractivity contribution is -0.149. The van der Waals surface area contributed by atoms with Crippen molar-refractivity contribution in [3.05, 3.63) is 64.6 Å². The number of carbonyl (C=O) groups excluding carboxylic acids is 1. The summed E-state index contributed by atoms with van der Waals surface area (Å²) in [5.41, 5.74) is -4.17. The van der Waals surface area contributed by atoms with Crippen LogP contribution in [-0.2, 0) is 28.3 Å². The SMILES string of the molecule is CC[C@@H]1C[C@H](Nc2ncc(OCCO)c(Cc3cc(C(F)(F)F)cc(C(F)(F)F)c3)n2)c2nc(OC)ccc2N1C(=O)OCC(C)(C)C(=O)O. The highest BCUT2D eigenvalue weighted by molar-refractivity contribution is 5.90. The van der Waals surface area contributed by atoms with E-state index in [9.17, 15) is 46.1 Å². The van der Waals surface area contributed by atoms with Crippen molar-refractivity contribution in [2.45, 2.75) is 64.5 Å². The van der Waals surface area contributed by atoms with Gasteiger partial charge in [0.15, 0.2) is 5.75 Å². The number of halogens is 6. The van der Waals surface area contributed by atoms with E-state index in [0.29, 0.717) is 29.9 Å². The average Bonchev–Trinajstić information content (AvgIpc) is 3.05. The Morgan fingerprint density at radius 1 is 1.04 bits per heavy atom. The highest BCUT2D eigenvalue weighted by Gasteiger charge is 2.40. The standard InChI is InChI=1S/C32H35F6N5O7/c1-5-20-14-22(26-23(6-7-25(42-26)48-4)43(20)29(47)50-16-30(2,3)27(45)46)41-28-39-15-24(49-9-8-44)21(40-28)12-17-10-18(31(33,34)35)13-19(11-17)32(36,37)38/h6-7,10-11,13,15,20,22,44H,5,8-9,12,14,16H2,1-4H3,(H,45,46)(H,39,40,41)/t20-,22+/m1/s1. The first-order chi connectivity index (χ1) is 23.4. The number of amides is 1. The van der Waals surface area contributed by atoms with Crippen LogP contribution in [0.25, 0.3) is 0 Å². The van der Waals surface area contributed by atoms with E-state index in [1.807, 2.05) is 6.92 Å². The van der Waals surface area contributed by atoms with Gasteiger partial charge in [-0.15, -0.1) is 0 Å². The molecular formula is C32H35F6N5O7. The lowest BCUT2D eigenvalue weighted by Gasteiger charge is -2.39. The number of fused-ring (bicyclic) bond motifs is 1. The molecule has 3 N–H and O–H groups in total. The molecule has 0 spiro atoms. The highest BCUT2D eigenvalue weighted by atomic mass is 19.4. The van der Waals surface area contributed by atoms with Gasteiger partial charge in [-0.3, -0.25) is 9.69 Å². The van der Waals surface area contributed by atoms with Crippen LogP contribution in [0.2, 0.25) is 0 Å². The summed E-state index contributed by atoms with van der Waals surface area (Å²) in [7, 11) is 1.38. The molecular weight excluding hydrogens is 680 g/mol. The zero-order valence-corrected chi connectivity index (χ0v) is 27.4. The number of pyridine rings is 1. The van der Waals surface area contributed by atoms with Crippen LogP contribution in [0.1, 0.15) is 67.7 Å². The van der Waals surface area contributed by atoms with Crippen LogP contribution in [0.5, 0.6) is 11.6 Å². The van der Waals surface area contributed by atoms with E-state index in [2.05, 4.69) is 20.3 Å². The van der Waals surface area contributed by atoms with E-state index in [4.69, 9.17) is 14.2 Å². The number of aliphatic carboxylic acids is 1. The summed E-state index contributed by atoms with van der Waals surface area (Å²) in [6.45, 7) is 3.52. The number of carboxylic acid groups (broad SMARTS) is 1. The summed E-state index contributed by atoms with van der Waals surface area (Å²) < 4.78 is 97.5. The fourth-order valence-electron chi connectivity index (χ4n) is 5.15. The van der Waals surface area contributed by atoms with E-state index in [1.165, 1.54) is 38.1 Å². The van der Waals surface area contributed by atoms with Gasteiger partial charge in [0.25, 0.3) is 0 Å². The number of rotatable bonds is 12. The normalized spacial score (nSPS) is 16.4. The van der Waals surface area contributed by atoms with E-state index >= 15 is 0 Å². The van der Waals surface area contributed by atoms with E-state index in [0.717, 1.165) is 0 Å². The van der Waals surface area contributed by atoms with Crippen LogP contribution >= 0.6 is 0 Å². The Balaban J connectivity index is 1.72. The second-order valence-electron chi connectivity index (χ2n) is 12.0. The minimum Gasteiger partial charge on any atom is -0.488 e. The number of hydrogen-bond donors (Lipinski definition) is 3. The molecule has 3 aromatic rings. The molecule has 0 radical (unpaired) electrons. The molecule has 2 aromatic heterocycles. The molecule has 272 valence electrons. The predicted octanol–water partition coefficient (Wildman–Crippen LogP) is 6.27. The molecule has 12 nitrogen and oxygen atoms in total. The smallest absolute Gasteiger partial charge is 0.416 e. The van der Waals surface area contributed by atoms with Crippen molar-refractivity contribution in [1.82, 2.24) is 15.0 Å². The number of alkyl halides is 6. The lowest BCUT2D eigenvalue weighted by Crippen LogP contribution is -2.47. The average molecular weight is 716 g/mol. The summed E-state index contributed by atoms with van der Waals surface area (Å²) in [4.78, 5) is 39.4. The predicted molar refractivity (Wildman–Crippen MR) is 165 cm³/mol. The Labute approximate surface area is 282 Å². The zero-order valence-electron chi connectivity index (χ0n) is 27.4.